The molecule has 102 valence electrons. The topological polar surface area (TPSA) is 43.4 Å². The van der Waals surface area contributed by atoms with Gasteiger partial charge in [-0.25, -0.2) is 0 Å². The molecule has 0 spiro atoms. The number of carbonyl (C=O) groups is 2. The lowest BCUT2D eigenvalue weighted by Gasteiger charge is -2.08. The molecule has 0 fully saturated rings. The summed E-state index contributed by atoms with van der Waals surface area (Å²) < 4.78 is 5.00. The lowest BCUT2D eigenvalue weighted by atomic mass is 9.96. The van der Waals surface area contributed by atoms with Gasteiger partial charge in [0.1, 0.15) is 5.75 Å². The summed E-state index contributed by atoms with van der Waals surface area (Å²) in [5.41, 5.74) is 3.23. The van der Waals surface area contributed by atoms with Crippen molar-refractivity contribution in [3.8, 4) is 5.75 Å². The zero-order valence-corrected chi connectivity index (χ0v) is 11.8. The quantitative estimate of drug-likeness (QED) is 0.486. The summed E-state index contributed by atoms with van der Waals surface area (Å²) in [6.45, 7) is 5.24. The van der Waals surface area contributed by atoms with E-state index in [9.17, 15) is 9.59 Å². The van der Waals surface area contributed by atoms with Crippen molar-refractivity contribution < 1.29 is 14.3 Å². The van der Waals surface area contributed by atoms with Crippen LogP contribution in [0.1, 0.15) is 34.0 Å². The van der Waals surface area contributed by atoms with Crippen molar-refractivity contribution >= 4 is 11.8 Å². The van der Waals surface area contributed by atoms with Crippen LogP contribution in [0.15, 0.2) is 42.5 Å². The van der Waals surface area contributed by atoms with Gasteiger partial charge in [-0.2, -0.15) is 0 Å². The van der Waals surface area contributed by atoms with E-state index in [1.165, 1.54) is 6.92 Å². The molecule has 0 unspecified atom stereocenters. The minimum Gasteiger partial charge on any atom is -0.427 e. The zero-order chi connectivity index (χ0) is 14.7. The highest BCUT2D eigenvalue weighted by molar-refractivity contribution is 6.10. The molecular weight excluding hydrogens is 252 g/mol. The van der Waals surface area contributed by atoms with Gasteiger partial charge in [0, 0.05) is 18.1 Å². The Kier molecular flexibility index (Phi) is 3.99. The maximum absolute atomic E-state index is 12.5. The van der Waals surface area contributed by atoms with E-state index in [-0.39, 0.29) is 5.78 Å². The molecule has 0 saturated carbocycles. The second-order valence-electron chi connectivity index (χ2n) is 4.70. The number of ketones is 1. The second kappa shape index (κ2) is 5.70. The maximum atomic E-state index is 12.5. The molecule has 0 saturated heterocycles. The molecule has 0 amide bonds. The summed E-state index contributed by atoms with van der Waals surface area (Å²) in [6.07, 6.45) is 0. The molecule has 0 N–H and O–H groups in total. The summed E-state index contributed by atoms with van der Waals surface area (Å²) in [5, 5.41) is 0. The highest BCUT2D eigenvalue weighted by Crippen LogP contribution is 2.20. The zero-order valence-electron chi connectivity index (χ0n) is 11.8. The molecule has 2 aromatic rings. The van der Waals surface area contributed by atoms with Crippen molar-refractivity contribution in [3.63, 3.8) is 0 Å². The average molecular weight is 268 g/mol. The first-order chi connectivity index (χ1) is 9.49. The maximum Gasteiger partial charge on any atom is 0.308 e. The van der Waals surface area contributed by atoms with Crippen molar-refractivity contribution in [2.75, 3.05) is 0 Å². The fraction of sp³-hybridized carbons (Fsp3) is 0.176. The monoisotopic (exact) mass is 268 g/mol. The number of hydrogen-bond acceptors (Lipinski definition) is 3. The standard InChI is InChI=1S/C17H16O3/c1-11-6-4-9-16(12(11)2)17(19)14-7-5-8-15(10-14)20-13(3)18/h4-10H,1-3H3. The molecule has 0 radical (unpaired) electrons. The Labute approximate surface area is 118 Å². The summed E-state index contributed by atoms with van der Waals surface area (Å²) in [4.78, 5) is 23.5. The van der Waals surface area contributed by atoms with Crippen LogP contribution >= 0.6 is 0 Å². The number of rotatable bonds is 3. The predicted molar refractivity (Wildman–Crippen MR) is 77.1 cm³/mol. The minimum absolute atomic E-state index is 0.0693. The van der Waals surface area contributed by atoms with E-state index >= 15 is 0 Å². The Hall–Kier alpha value is -2.42. The Morgan fingerprint density at radius 3 is 2.40 bits per heavy atom. The van der Waals surface area contributed by atoms with E-state index in [0.717, 1.165) is 11.1 Å². The van der Waals surface area contributed by atoms with E-state index in [1.807, 2.05) is 32.0 Å². The van der Waals surface area contributed by atoms with Gasteiger partial charge in [0.25, 0.3) is 0 Å². The van der Waals surface area contributed by atoms with E-state index in [1.54, 1.807) is 24.3 Å². The fourth-order valence-corrected chi connectivity index (χ4v) is 2.02. The van der Waals surface area contributed by atoms with Crippen molar-refractivity contribution in [2.45, 2.75) is 20.8 Å². The number of hydrogen-bond donors (Lipinski definition) is 0. The first-order valence-corrected chi connectivity index (χ1v) is 6.38. The van der Waals surface area contributed by atoms with Crippen LogP contribution in [0, 0.1) is 13.8 Å². The molecule has 0 bridgehead atoms. The van der Waals surface area contributed by atoms with Crippen molar-refractivity contribution in [3.05, 3.63) is 64.7 Å². The highest BCUT2D eigenvalue weighted by atomic mass is 16.5. The van der Waals surface area contributed by atoms with Crippen molar-refractivity contribution in [1.29, 1.82) is 0 Å². The third kappa shape index (κ3) is 2.94. The number of carbonyl (C=O) groups excluding carboxylic acids is 2. The van der Waals surface area contributed by atoms with Crippen molar-refractivity contribution in [2.24, 2.45) is 0 Å². The lowest BCUT2D eigenvalue weighted by Crippen LogP contribution is -2.06. The molecule has 0 heterocycles. The van der Waals surface area contributed by atoms with Gasteiger partial charge in [-0.1, -0.05) is 30.3 Å². The van der Waals surface area contributed by atoms with Crippen LogP contribution in [0.3, 0.4) is 0 Å². The molecule has 3 heteroatoms. The van der Waals surface area contributed by atoms with Gasteiger partial charge in [0.05, 0.1) is 0 Å². The van der Waals surface area contributed by atoms with E-state index in [2.05, 4.69) is 0 Å². The Morgan fingerprint density at radius 1 is 1.00 bits per heavy atom. The van der Waals surface area contributed by atoms with Gasteiger partial charge < -0.3 is 4.74 Å². The van der Waals surface area contributed by atoms with E-state index < -0.39 is 5.97 Å². The molecule has 3 nitrogen and oxygen atoms in total. The Balaban J connectivity index is 2.38. The molecule has 2 aromatic carbocycles. The smallest absolute Gasteiger partial charge is 0.308 e. The SMILES string of the molecule is CC(=O)Oc1cccc(C(=O)c2cccc(C)c2C)c1. The average Bonchev–Trinajstić information content (AvgIpc) is 2.41. The van der Waals surface area contributed by atoms with Crippen LogP contribution in [0.5, 0.6) is 5.75 Å². The van der Waals surface area contributed by atoms with Crippen LogP contribution in [0.2, 0.25) is 0 Å². The van der Waals surface area contributed by atoms with Gasteiger partial charge in [0.2, 0.25) is 0 Å². The van der Waals surface area contributed by atoms with E-state index in [0.29, 0.717) is 16.9 Å². The van der Waals surface area contributed by atoms with Gasteiger partial charge in [-0.15, -0.1) is 0 Å². The first-order valence-electron chi connectivity index (χ1n) is 6.38. The third-order valence-electron chi connectivity index (χ3n) is 3.21. The molecule has 0 aliphatic carbocycles. The summed E-state index contributed by atoms with van der Waals surface area (Å²) >= 11 is 0. The van der Waals surface area contributed by atoms with Crippen LogP contribution in [0.4, 0.5) is 0 Å². The van der Waals surface area contributed by atoms with Crippen LogP contribution in [0.25, 0.3) is 0 Å². The molecule has 2 rings (SSSR count). The lowest BCUT2D eigenvalue weighted by molar-refractivity contribution is -0.131. The largest absolute Gasteiger partial charge is 0.427 e. The minimum atomic E-state index is -0.402. The summed E-state index contributed by atoms with van der Waals surface area (Å²) in [7, 11) is 0. The van der Waals surface area contributed by atoms with Crippen LogP contribution in [-0.4, -0.2) is 11.8 Å². The number of benzene rings is 2. The first kappa shape index (κ1) is 14.0. The molecule has 0 aliphatic heterocycles. The number of esters is 1. The third-order valence-corrected chi connectivity index (χ3v) is 3.21. The number of ether oxygens (including phenoxy) is 1. The van der Waals surface area contributed by atoms with Gasteiger partial charge in [0.15, 0.2) is 5.78 Å². The van der Waals surface area contributed by atoms with Crippen molar-refractivity contribution in [1.82, 2.24) is 0 Å². The molecule has 0 atom stereocenters. The second-order valence-corrected chi connectivity index (χ2v) is 4.70. The Bertz CT molecular complexity index is 672. The van der Waals surface area contributed by atoms with Crippen LogP contribution in [-0.2, 0) is 4.79 Å². The summed E-state index contributed by atoms with van der Waals surface area (Å²) in [6, 6.07) is 12.3. The van der Waals surface area contributed by atoms with E-state index in [4.69, 9.17) is 4.74 Å². The highest BCUT2D eigenvalue weighted by Gasteiger charge is 2.13. The van der Waals surface area contributed by atoms with Crippen LogP contribution < -0.4 is 4.74 Å². The molecule has 0 aromatic heterocycles. The molecule has 0 aliphatic rings. The predicted octanol–water partition coefficient (Wildman–Crippen LogP) is 3.46. The normalized spacial score (nSPS) is 10.2. The Morgan fingerprint density at radius 2 is 1.70 bits per heavy atom. The number of aryl methyl sites for hydroxylation is 1. The van der Waals surface area contributed by atoms with Gasteiger partial charge in [-0.3, -0.25) is 9.59 Å². The fourth-order valence-electron chi connectivity index (χ4n) is 2.02. The molecular formula is C17H16O3. The van der Waals surface area contributed by atoms with Gasteiger partial charge >= 0.3 is 5.97 Å². The molecule has 20 heavy (non-hydrogen) atoms. The van der Waals surface area contributed by atoms with Gasteiger partial charge in [-0.05, 0) is 37.1 Å². The summed E-state index contributed by atoms with van der Waals surface area (Å²) in [5.74, 6) is -0.0878.